The second-order valence-corrected chi connectivity index (χ2v) is 7.60. The summed E-state index contributed by atoms with van der Waals surface area (Å²) in [4.78, 5) is 13.9. The van der Waals surface area contributed by atoms with Crippen LogP contribution in [0, 0.1) is 12.8 Å². The van der Waals surface area contributed by atoms with Crippen molar-refractivity contribution in [3.8, 4) is 0 Å². The summed E-state index contributed by atoms with van der Waals surface area (Å²) in [5.74, 6) is 1.77. The van der Waals surface area contributed by atoms with Gasteiger partial charge < -0.3 is 10.1 Å². The smallest absolute Gasteiger partial charge is 0.416 e. The Kier molecular flexibility index (Phi) is 4.82. The maximum Gasteiger partial charge on any atom is 0.416 e. The van der Waals surface area contributed by atoms with Crippen molar-refractivity contribution in [3.05, 3.63) is 35.1 Å². The van der Waals surface area contributed by atoms with Crippen molar-refractivity contribution >= 4 is 29.3 Å². The average molecular weight is 389 g/mol. The fourth-order valence-corrected chi connectivity index (χ4v) is 3.80. The Balaban J connectivity index is 1.32. The van der Waals surface area contributed by atoms with Crippen LogP contribution < -0.4 is 10.2 Å². The molecule has 1 aliphatic carbocycles. The number of aromatic nitrogens is 4. The molecule has 0 unspecified atom stereocenters. The first kappa shape index (κ1) is 17.9. The van der Waals surface area contributed by atoms with Crippen LogP contribution in [0.2, 0.25) is 5.15 Å². The van der Waals surface area contributed by atoms with Crippen molar-refractivity contribution in [1.82, 2.24) is 20.4 Å². The van der Waals surface area contributed by atoms with Crippen molar-refractivity contribution in [2.45, 2.75) is 38.2 Å². The summed E-state index contributed by atoms with van der Waals surface area (Å²) >= 11 is 5.91. The van der Waals surface area contributed by atoms with Crippen molar-refractivity contribution in [2.75, 3.05) is 23.3 Å². The van der Waals surface area contributed by atoms with Crippen molar-refractivity contribution < 1.29 is 9.53 Å². The molecule has 0 bridgehead atoms. The van der Waals surface area contributed by atoms with Gasteiger partial charge in [-0.1, -0.05) is 11.6 Å². The number of carbonyl (C=O) groups excluding carboxylic acids is 1. The van der Waals surface area contributed by atoms with Gasteiger partial charge in [-0.15, -0.1) is 15.3 Å². The maximum absolute atomic E-state index is 12.3. The predicted molar refractivity (Wildman–Crippen MR) is 101 cm³/mol. The van der Waals surface area contributed by atoms with Crippen LogP contribution in [0.1, 0.15) is 31.2 Å². The number of ether oxygens (including phenoxy) is 1. The minimum atomic E-state index is -0.415. The highest BCUT2D eigenvalue weighted by Gasteiger charge is 2.48. The number of rotatable bonds is 4. The van der Waals surface area contributed by atoms with Gasteiger partial charge in [0.05, 0.1) is 6.54 Å². The van der Waals surface area contributed by atoms with E-state index in [-0.39, 0.29) is 6.09 Å². The predicted octanol–water partition coefficient (Wildman–Crippen LogP) is 3.23. The van der Waals surface area contributed by atoms with Crippen LogP contribution >= 0.6 is 11.6 Å². The molecule has 9 heteroatoms. The molecule has 1 saturated carbocycles. The van der Waals surface area contributed by atoms with Crippen LogP contribution in [0.3, 0.4) is 0 Å². The second-order valence-electron chi connectivity index (χ2n) is 7.25. The number of carbonyl (C=O) groups is 1. The molecule has 1 N–H and O–H groups in total. The molecule has 1 amide bonds. The van der Waals surface area contributed by atoms with Crippen molar-refractivity contribution in [1.29, 1.82) is 0 Å². The van der Waals surface area contributed by atoms with Crippen LogP contribution in [0.25, 0.3) is 0 Å². The van der Waals surface area contributed by atoms with E-state index in [1.807, 2.05) is 13.0 Å². The van der Waals surface area contributed by atoms with Crippen LogP contribution in [0.5, 0.6) is 0 Å². The quantitative estimate of drug-likeness (QED) is 0.859. The van der Waals surface area contributed by atoms with Gasteiger partial charge in [-0.2, -0.15) is 5.10 Å². The fourth-order valence-electron chi connectivity index (χ4n) is 3.71. The maximum atomic E-state index is 12.3. The molecular formula is C18H21ClN6O2. The Morgan fingerprint density at radius 2 is 2.15 bits per heavy atom. The number of nitrogens with zero attached hydrogens (tertiary/aromatic N) is 5. The number of hydrogen-bond donors (Lipinski definition) is 1. The van der Waals surface area contributed by atoms with Gasteiger partial charge in [-0.3, -0.25) is 4.90 Å². The highest BCUT2D eigenvalue weighted by Crippen LogP contribution is 2.40. The Morgan fingerprint density at radius 3 is 2.85 bits per heavy atom. The third-order valence-corrected chi connectivity index (χ3v) is 5.69. The van der Waals surface area contributed by atoms with E-state index in [1.165, 1.54) is 0 Å². The average Bonchev–Trinajstić information content (AvgIpc) is 3.01. The van der Waals surface area contributed by atoms with E-state index in [2.05, 4.69) is 25.7 Å². The molecule has 2 fully saturated rings. The molecular weight excluding hydrogens is 368 g/mol. The van der Waals surface area contributed by atoms with E-state index in [4.69, 9.17) is 16.3 Å². The third-order valence-electron chi connectivity index (χ3n) is 5.32. The molecule has 1 saturated heterocycles. The first-order valence-corrected chi connectivity index (χ1v) is 9.44. The molecule has 0 aromatic carbocycles. The number of aryl methyl sites for hydroxylation is 1. The molecule has 1 aliphatic heterocycles. The largest absolute Gasteiger partial charge is 0.441 e. The molecule has 2 aromatic heterocycles. The topological polar surface area (TPSA) is 93.1 Å². The van der Waals surface area contributed by atoms with Gasteiger partial charge in [-0.25, -0.2) is 4.79 Å². The third kappa shape index (κ3) is 3.80. The number of anilines is 2. The molecule has 0 radical (unpaired) electrons. The van der Waals surface area contributed by atoms with Gasteiger partial charge in [0.2, 0.25) is 0 Å². The highest BCUT2D eigenvalue weighted by molar-refractivity contribution is 6.30. The Bertz CT molecular complexity index is 826. The Hall–Kier alpha value is -2.48. The molecule has 142 valence electrons. The van der Waals surface area contributed by atoms with E-state index in [0.717, 1.165) is 43.6 Å². The Labute approximate surface area is 162 Å². The van der Waals surface area contributed by atoms with Crippen molar-refractivity contribution in [3.63, 3.8) is 0 Å². The van der Waals surface area contributed by atoms with E-state index in [0.29, 0.717) is 23.4 Å². The lowest BCUT2D eigenvalue weighted by Gasteiger charge is -2.35. The lowest BCUT2D eigenvalue weighted by atomic mass is 9.78. The lowest BCUT2D eigenvalue weighted by molar-refractivity contribution is 0.0148. The summed E-state index contributed by atoms with van der Waals surface area (Å²) in [7, 11) is 0. The summed E-state index contributed by atoms with van der Waals surface area (Å²) in [6, 6.07) is 5.44. The minimum Gasteiger partial charge on any atom is -0.441 e. The number of nitrogens with one attached hydrogen (secondary N) is 1. The molecule has 0 atom stereocenters. The highest BCUT2D eigenvalue weighted by atomic mass is 35.5. The lowest BCUT2D eigenvalue weighted by Crippen LogP contribution is -2.39. The minimum absolute atomic E-state index is 0.334. The molecule has 1 spiro atoms. The van der Waals surface area contributed by atoms with Gasteiger partial charge in [-0.05, 0) is 62.3 Å². The van der Waals surface area contributed by atoms with Gasteiger partial charge in [0.15, 0.2) is 11.0 Å². The zero-order valence-corrected chi connectivity index (χ0v) is 15.8. The fraction of sp³-hybridized carbons (Fsp3) is 0.500. The summed E-state index contributed by atoms with van der Waals surface area (Å²) in [5, 5.41) is 19.6. The summed E-state index contributed by atoms with van der Waals surface area (Å²) < 4.78 is 5.76. The first-order chi connectivity index (χ1) is 13.0. The number of amides is 1. The molecule has 3 heterocycles. The SMILES string of the molecule is Cc1cc(NCC2CCC3(CC2)CN(c2cccnn2)C(=O)O3)nnc1Cl. The van der Waals surface area contributed by atoms with E-state index in [9.17, 15) is 4.79 Å². The number of halogens is 1. The van der Waals surface area contributed by atoms with Crippen LogP contribution in [0.15, 0.2) is 24.4 Å². The van der Waals surface area contributed by atoms with Gasteiger partial charge >= 0.3 is 6.09 Å². The standard InChI is InChI=1S/C18H21ClN6O2/c1-12-9-14(22-24-16(12)19)20-10-13-4-6-18(7-5-13)11-25(17(26)27-18)15-3-2-8-21-23-15/h2-3,8-9,13H,4-7,10-11H2,1H3,(H,20,22). The molecule has 2 aliphatic rings. The monoisotopic (exact) mass is 388 g/mol. The first-order valence-electron chi connectivity index (χ1n) is 9.07. The molecule has 2 aromatic rings. The zero-order chi connectivity index (χ0) is 18.9. The Morgan fingerprint density at radius 1 is 1.33 bits per heavy atom. The van der Waals surface area contributed by atoms with Crippen LogP contribution in [0.4, 0.5) is 16.4 Å². The van der Waals surface area contributed by atoms with Gasteiger partial charge in [0, 0.05) is 12.7 Å². The molecule has 8 nitrogen and oxygen atoms in total. The van der Waals surface area contributed by atoms with E-state index < -0.39 is 5.60 Å². The normalized spacial score (nSPS) is 24.9. The zero-order valence-electron chi connectivity index (χ0n) is 15.1. The van der Waals surface area contributed by atoms with Crippen molar-refractivity contribution in [2.24, 2.45) is 5.92 Å². The summed E-state index contributed by atoms with van der Waals surface area (Å²) in [6.07, 6.45) is 4.90. The van der Waals surface area contributed by atoms with Crippen LogP contribution in [-0.4, -0.2) is 45.2 Å². The molecule has 27 heavy (non-hydrogen) atoms. The number of hydrogen-bond acceptors (Lipinski definition) is 7. The summed E-state index contributed by atoms with van der Waals surface area (Å²) in [5.41, 5.74) is 0.487. The van der Waals surface area contributed by atoms with E-state index >= 15 is 0 Å². The van der Waals surface area contributed by atoms with Gasteiger partial charge in [0.1, 0.15) is 11.4 Å². The molecule has 4 rings (SSSR count). The summed E-state index contributed by atoms with van der Waals surface area (Å²) in [6.45, 7) is 3.25. The van der Waals surface area contributed by atoms with Gasteiger partial charge in [0.25, 0.3) is 0 Å². The second kappa shape index (κ2) is 7.26. The van der Waals surface area contributed by atoms with Crippen LogP contribution in [-0.2, 0) is 4.74 Å². The van der Waals surface area contributed by atoms with E-state index in [1.54, 1.807) is 23.2 Å².